The van der Waals surface area contributed by atoms with E-state index in [1.165, 1.54) is 0 Å². The molecule has 0 atom stereocenters. The lowest BCUT2D eigenvalue weighted by Crippen LogP contribution is -2.27. The van der Waals surface area contributed by atoms with Gasteiger partial charge in [0.15, 0.2) is 5.82 Å². The number of benzene rings is 2. The van der Waals surface area contributed by atoms with E-state index in [0.717, 1.165) is 16.8 Å². The molecule has 2 aromatic carbocycles. The summed E-state index contributed by atoms with van der Waals surface area (Å²) in [5, 5.41) is 7.27. The monoisotopic (exact) mass is 316 g/mol. The van der Waals surface area contributed by atoms with Crippen LogP contribution in [0.1, 0.15) is 21.5 Å². The number of carbonyl (C=O) groups excluding carboxylic acids is 1. The molecular weight excluding hydrogens is 300 g/mol. The van der Waals surface area contributed by atoms with E-state index in [2.05, 4.69) is 10.4 Å². The minimum Gasteiger partial charge on any atom is -0.346 e. The van der Waals surface area contributed by atoms with Gasteiger partial charge in [-0.15, -0.1) is 0 Å². The van der Waals surface area contributed by atoms with E-state index in [0.29, 0.717) is 24.5 Å². The van der Waals surface area contributed by atoms with E-state index in [1.807, 2.05) is 60.7 Å². The van der Waals surface area contributed by atoms with E-state index in [9.17, 15) is 4.79 Å². The van der Waals surface area contributed by atoms with Crippen molar-refractivity contribution in [1.82, 2.24) is 15.1 Å². The number of aromatic nitrogens is 2. The largest absolute Gasteiger partial charge is 0.346 e. The standard InChI is InChI=1S/C19H16N4O/c24-19-16-11-21-23(13-14-7-3-1-4-8-14)18(16)22-17(12-20-19)15-9-5-2-6-10-15/h1-11H,12-13H2,(H,20,24). The zero-order valence-corrected chi connectivity index (χ0v) is 13.0. The van der Waals surface area contributed by atoms with Crippen molar-refractivity contribution >= 4 is 17.4 Å². The average Bonchev–Trinajstić information content (AvgIpc) is 2.94. The summed E-state index contributed by atoms with van der Waals surface area (Å²) in [5.41, 5.74) is 3.46. The minimum atomic E-state index is -0.140. The molecule has 1 aliphatic heterocycles. The molecule has 2 heterocycles. The molecule has 118 valence electrons. The minimum absolute atomic E-state index is 0.140. The van der Waals surface area contributed by atoms with Crippen LogP contribution in [0.4, 0.5) is 5.82 Å². The predicted molar refractivity (Wildman–Crippen MR) is 92.7 cm³/mol. The van der Waals surface area contributed by atoms with Crippen LogP contribution >= 0.6 is 0 Å². The molecule has 1 amide bonds. The Bertz CT molecular complexity index is 898. The summed E-state index contributed by atoms with van der Waals surface area (Å²) in [6.45, 7) is 0.984. The zero-order chi connectivity index (χ0) is 16.4. The van der Waals surface area contributed by atoms with Gasteiger partial charge >= 0.3 is 0 Å². The van der Waals surface area contributed by atoms with Crippen molar-refractivity contribution in [2.75, 3.05) is 6.54 Å². The smallest absolute Gasteiger partial charge is 0.257 e. The topological polar surface area (TPSA) is 59.3 Å². The third kappa shape index (κ3) is 2.72. The summed E-state index contributed by atoms with van der Waals surface area (Å²) >= 11 is 0. The van der Waals surface area contributed by atoms with Crippen LogP contribution in [0.3, 0.4) is 0 Å². The summed E-state index contributed by atoms with van der Waals surface area (Å²) < 4.78 is 1.78. The molecule has 5 heteroatoms. The van der Waals surface area contributed by atoms with Gasteiger partial charge in [0.25, 0.3) is 5.91 Å². The third-order valence-corrected chi connectivity index (χ3v) is 4.00. The Hall–Kier alpha value is -3.21. The molecule has 0 spiro atoms. The van der Waals surface area contributed by atoms with Crippen LogP contribution in [0.5, 0.6) is 0 Å². The van der Waals surface area contributed by atoms with Crippen molar-refractivity contribution in [3.05, 3.63) is 83.6 Å². The first kappa shape index (κ1) is 14.4. The second-order valence-electron chi connectivity index (χ2n) is 5.63. The summed E-state index contributed by atoms with van der Waals surface area (Å²) in [5.74, 6) is 0.465. The fourth-order valence-corrected chi connectivity index (χ4v) is 2.75. The van der Waals surface area contributed by atoms with E-state index in [4.69, 9.17) is 4.99 Å². The second-order valence-corrected chi connectivity index (χ2v) is 5.63. The summed E-state index contributed by atoms with van der Waals surface area (Å²) in [4.78, 5) is 17.1. The van der Waals surface area contributed by atoms with Crippen molar-refractivity contribution in [2.45, 2.75) is 6.54 Å². The predicted octanol–water partition coefficient (Wildman–Crippen LogP) is 2.80. The number of carbonyl (C=O) groups is 1. The van der Waals surface area contributed by atoms with Crippen molar-refractivity contribution < 1.29 is 4.79 Å². The molecule has 4 rings (SSSR count). The van der Waals surface area contributed by atoms with Crippen molar-refractivity contribution in [3.63, 3.8) is 0 Å². The maximum atomic E-state index is 12.3. The van der Waals surface area contributed by atoms with E-state index < -0.39 is 0 Å². The summed E-state index contributed by atoms with van der Waals surface area (Å²) in [7, 11) is 0. The first-order valence-corrected chi connectivity index (χ1v) is 7.82. The normalized spacial score (nSPS) is 13.7. The molecule has 0 unspecified atom stereocenters. The van der Waals surface area contributed by atoms with Crippen molar-refractivity contribution in [1.29, 1.82) is 0 Å². The lowest BCUT2D eigenvalue weighted by molar-refractivity contribution is 0.0961. The molecule has 5 nitrogen and oxygen atoms in total. The summed E-state index contributed by atoms with van der Waals surface area (Å²) in [6, 6.07) is 19.9. The molecule has 0 bridgehead atoms. The van der Waals surface area contributed by atoms with Crippen LogP contribution in [0.15, 0.2) is 71.9 Å². The maximum absolute atomic E-state index is 12.3. The quantitative estimate of drug-likeness (QED) is 0.808. The fraction of sp³-hybridized carbons (Fsp3) is 0.105. The average molecular weight is 316 g/mol. The molecule has 0 radical (unpaired) electrons. The Labute approximate surface area is 139 Å². The molecule has 1 aliphatic rings. The zero-order valence-electron chi connectivity index (χ0n) is 13.0. The van der Waals surface area contributed by atoms with Gasteiger partial charge in [-0.25, -0.2) is 9.67 Å². The van der Waals surface area contributed by atoms with Crippen LogP contribution in [-0.2, 0) is 6.54 Å². The first-order valence-electron chi connectivity index (χ1n) is 7.82. The Morgan fingerprint density at radius 2 is 1.71 bits per heavy atom. The van der Waals surface area contributed by atoms with Crippen molar-refractivity contribution in [3.8, 4) is 0 Å². The molecule has 24 heavy (non-hydrogen) atoms. The highest BCUT2D eigenvalue weighted by Gasteiger charge is 2.22. The van der Waals surface area contributed by atoms with Gasteiger partial charge in [0, 0.05) is 0 Å². The number of nitrogens with one attached hydrogen (secondary N) is 1. The van der Waals surface area contributed by atoms with Gasteiger partial charge in [-0.05, 0) is 11.1 Å². The van der Waals surface area contributed by atoms with Gasteiger partial charge in [0.2, 0.25) is 0 Å². The van der Waals surface area contributed by atoms with Crippen LogP contribution in [-0.4, -0.2) is 27.9 Å². The van der Waals surface area contributed by atoms with E-state index in [-0.39, 0.29) is 5.91 Å². The number of fused-ring (bicyclic) bond motifs is 1. The molecule has 1 N–H and O–H groups in total. The molecule has 0 saturated heterocycles. The molecule has 0 fully saturated rings. The Morgan fingerprint density at radius 1 is 1.00 bits per heavy atom. The van der Waals surface area contributed by atoms with Crippen LogP contribution < -0.4 is 5.32 Å². The number of aliphatic imine (C=N–C) groups is 1. The highest BCUT2D eigenvalue weighted by atomic mass is 16.1. The molecule has 0 aliphatic carbocycles. The second kappa shape index (κ2) is 6.12. The highest BCUT2D eigenvalue weighted by Crippen LogP contribution is 2.23. The fourth-order valence-electron chi connectivity index (χ4n) is 2.75. The SMILES string of the molecule is O=C1NCC(c2ccccc2)=Nc2c1cnn2Cc1ccccc1. The molecule has 1 aromatic heterocycles. The van der Waals surface area contributed by atoms with E-state index in [1.54, 1.807) is 10.9 Å². The number of rotatable bonds is 3. The Balaban J connectivity index is 1.77. The number of hydrogen-bond donors (Lipinski definition) is 1. The molecule has 0 saturated carbocycles. The van der Waals surface area contributed by atoms with Crippen molar-refractivity contribution in [2.24, 2.45) is 4.99 Å². The number of amides is 1. The third-order valence-electron chi connectivity index (χ3n) is 4.00. The van der Waals surface area contributed by atoms with Gasteiger partial charge in [-0.1, -0.05) is 60.7 Å². The Morgan fingerprint density at radius 3 is 2.46 bits per heavy atom. The lowest BCUT2D eigenvalue weighted by atomic mass is 10.1. The highest BCUT2D eigenvalue weighted by molar-refractivity contribution is 6.10. The van der Waals surface area contributed by atoms with Crippen LogP contribution in [0, 0.1) is 0 Å². The van der Waals surface area contributed by atoms with Gasteiger partial charge in [-0.3, -0.25) is 4.79 Å². The Kier molecular flexibility index (Phi) is 3.67. The van der Waals surface area contributed by atoms with Gasteiger partial charge < -0.3 is 5.32 Å². The molecule has 3 aromatic rings. The first-order chi connectivity index (χ1) is 11.8. The lowest BCUT2D eigenvalue weighted by Gasteiger charge is -2.07. The van der Waals surface area contributed by atoms with Gasteiger partial charge in [0.05, 0.1) is 25.0 Å². The number of hydrogen-bond acceptors (Lipinski definition) is 3. The molecular formula is C19H16N4O. The van der Waals surface area contributed by atoms with E-state index >= 15 is 0 Å². The van der Waals surface area contributed by atoms with Gasteiger partial charge in [-0.2, -0.15) is 5.10 Å². The van der Waals surface area contributed by atoms with Crippen LogP contribution in [0.25, 0.3) is 0 Å². The van der Waals surface area contributed by atoms with Crippen LogP contribution in [0.2, 0.25) is 0 Å². The van der Waals surface area contributed by atoms with Gasteiger partial charge in [0.1, 0.15) is 5.56 Å². The number of nitrogens with zero attached hydrogens (tertiary/aromatic N) is 3. The maximum Gasteiger partial charge on any atom is 0.257 e. The summed E-state index contributed by atoms with van der Waals surface area (Å²) in [6.07, 6.45) is 1.59.